The maximum atomic E-state index is 8.60. The molecule has 0 heterocycles. The number of hydrogen-bond acceptors (Lipinski definition) is 0. The summed E-state index contributed by atoms with van der Waals surface area (Å²) in [6, 6.07) is 64.2. The molecule has 0 amide bonds. The topological polar surface area (TPSA) is 0 Å². The van der Waals surface area contributed by atoms with E-state index in [2.05, 4.69) is 182 Å². The number of benzene rings is 6. The fourth-order valence-electron chi connectivity index (χ4n) is 6.48. The Morgan fingerprint density at radius 1 is 0.262 bits per heavy atom. The van der Waals surface area contributed by atoms with Crippen molar-refractivity contribution in [1.29, 1.82) is 0 Å². The SMILES string of the molecule is ClP(CCP(Cl)(c1ccccc1)(c1ccccc1)c1ccccc1)(c1ccccc1)(c1ccccc1)c1ccccc1. The van der Waals surface area contributed by atoms with Crippen molar-refractivity contribution < 1.29 is 0 Å². The van der Waals surface area contributed by atoms with Crippen LogP contribution >= 0.6 is 34.4 Å². The van der Waals surface area contributed by atoms with Crippen LogP contribution in [0.1, 0.15) is 0 Å². The molecule has 0 atom stereocenters. The molecule has 6 aromatic rings. The van der Waals surface area contributed by atoms with Crippen molar-refractivity contribution in [2.24, 2.45) is 0 Å². The summed E-state index contributed by atoms with van der Waals surface area (Å²) in [6.07, 6.45) is 1.37. The van der Waals surface area contributed by atoms with Gasteiger partial charge in [-0.3, -0.25) is 0 Å². The van der Waals surface area contributed by atoms with Crippen molar-refractivity contribution >= 4 is 66.2 Å². The quantitative estimate of drug-likeness (QED) is 0.142. The molecule has 0 saturated heterocycles. The fraction of sp³-hybridized carbons (Fsp3) is 0.0526. The number of rotatable bonds is 9. The molecule has 4 heteroatoms. The van der Waals surface area contributed by atoms with Gasteiger partial charge in [-0.1, -0.05) is 0 Å². The molecule has 0 unspecified atom stereocenters. The third-order valence-electron chi connectivity index (χ3n) is 8.71. The summed E-state index contributed by atoms with van der Waals surface area (Å²) in [5.41, 5.74) is 0. The van der Waals surface area contributed by atoms with Gasteiger partial charge in [0.05, 0.1) is 0 Å². The molecule has 42 heavy (non-hydrogen) atoms. The molecule has 0 radical (unpaired) electrons. The van der Waals surface area contributed by atoms with Crippen molar-refractivity contribution in [3.8, 4) is 0 Å². The Bertz CT molecular complexity index is 1410. The second kappa shape index (κ2) is 11.4. The summed E-state index contributed by atoms with van der Waals surface area (Å²) in [5.74, 6) is -7.18. The number of halogens is 2. The van der Waals surface area contributed by atoms with Crippen LogP contribution in [0.3, 0.4) is 0 Å². The molecule has 6 rings (SSSR count). The minimum atomic E-state index is -3.59. The summed E-state index contributed by atoms with van der Waals surface area (Å²) < 4.78 is 0. The van der Waals surface area contributed by atoms with Gasteiger partial charge in [0.1, 0.15) is 0 Å². The first kappa shape index (κ1) is 28.9. The maximum absolute atomic E-state index is 8.60. The van der Waals surface area contributed by atoms with Crippen LogP contribution in [0, 0.1) is 0 Å². The first-order valence-electron chi connectivity index (χ1n) is 14.3. The fourth-order valence-corrected chi connectivity index (χ4v) is 21.0. The molecule has 0 spiro atoms. The van der Waals surface area contributed by atoms with Crippen LogP contribution in [-0.4, -0.2) is 12.3 Å². The van der Waals surface area contributed by atoms with Crippen molar-refractivity contribution in [2.45, 2.75) is 0 Å². The third kappa shape index (κ3) is 4.54. The molecule has 6 aromatic carbocycles. The Labute approximate surface area is 259 Å². The van der Waals surface area contributed by atoms with Gasteiger partial charge in [-0.05, 0) is 0 Å². The third-order valence-corrected chi connectivity index (χ3v) is 24.0. The minimum absolute atomic E-state index is 0.686. The molecular weight excluding hydrogens is 589 g/mol. The molecule has 0 aliphatic rings. The van der Waals surface area contributed by atoms with E-state index in [4.69, 9.17) is 22.5 Å². The molecule has 0 nitrogen and oxygen atoms in total. The van der Waals surface area contributed by atoms with E-state index in [1.807, 2.05) is 0 Å². The van der Waals surface area contributed by atoms with Crippen LogP contribution < -0.4 is 31.8 Å². The zero-order valence-electron chi connectivity index (χ0n) is 23.4. The first-order chi connectivity index (χ1) is 20.5. The van der Waals surface area contributed by atoms with Crippen LogP contribution in [0.15, 0.2) is 182 Å². The van der Waals surface area contributed by atoms with Gasteiger partial charge in [0.15, 0.2) is 0 Å². The van der Waals surface area contributed by atoms with E-state index >= 15 is 0 Å². The normalized spacial score (nSPS) is 13.8. The Morgan fingerprint density at radius 2 is 0.405 bits per heavy atom. The van der Waals surface area contributed by atoms with Crippen LogP contribution in [0.25, 0.3) is 0 Å². The zero-order valence-corrected chi connectivity index (χ0v) is 26.7. The van der Waals surface area contributed by atoms with Gasteiger partial charge in [-0.2, -0.15) is 0 Å². The van der Waals surface area contributed by atoms with Crippen molar-refractivity contribution in [1.82, 2.24) is 0 Å². The molecule has 210 valence electrons. The second-order valence-electron chi connectivity index (χ2n) is 10.8. The number of hydrogen-bond donors (Lipinski definition) is 0. The van der Waals surface area contributed by atoms with Crippen LogP contribution in [0.4, 0.5) is 0 Å². The first-order valence-corrected chi connectivity index (χ1v) is 20.9. The molecular formula is C38H34Cl2P2. The summed E-state index contributed by atoms with van der Waals surface area (Å²) in [7, 11) is 0. The average molecular weight is 624 g/mol. The van der Waals surface area contributed by atoms with Gasteiger partial charge in [0.25, 0.3) is 0 Å². The monoisotopic (exact) mass is 622 g/mol. The summed E-state index contributed by atoms with van der Waals surface area (Å²) in [4.78, 5) is 0. The van der Waals surface area contributed by atoms with E-state index in [0.29, 0.717) is 12.3 Å². The van der Waals surface area contributed by atoms with Crippen LogP contribution in [0.5, 0.6) is 0 Å². The Kier molecular flexibility index (Phi) is 7.87. The average Bonchev–Trinajstić information content (AvgIpc) is 3.09. The summed E-state index contributed by atoms with van der Waals surface area (Å²) in [5, 5.41) is 6.91. The predicted octanol–water partition coefficient (Wildman–Crippen LogP) is 8.35. The van der Waals surface area contributed by atoms with E-state index in [-0.39, 0.29) is 0 Å². The molecule has 0 bridgehead atoms. The molecule has 0 fully saturated rings. The zero-order chi connectivity index (χ0) is 29.0. The van der Waals surface area contributed by atoms with E-state index in [9.17, 15) is 0 Å². The predicted molar refractivity (Wildman–Crippen MR) is 192 cm³/mol. The van der Waals surface area contributed by atoms with Crippen molar-refractivity contribution in [3.63, 3.8) is 0 Å². The Morgan fingerprint density at radius 3 is 0.548 bits per heavy atom. The standard InChI is InChI=1S/C38H34Cl2P2/c39-41(33-19-7-1-8-20-33,34-21-9-2-10-22-34,35-23-11-3-12-24-35)31-32-42(40,36-25-13-4-14-26-36,37-27-15-5-16-28-37)38-29-17-6-18-30-38/h1-30H,31-32H2. The van der Waals surface area contributed by atoms with Gasteiger partial charge in [0.2, 0.25) is 0 Å². The van der Waals surface area contributed by atoms with Crippen LogP contribution in [-0.2, 0) is 0 Å². The second-order valence-corrected chi connectivity index (χ2v) is 24.0. The van der Waals surface area contributed by atoms with Crippen LogP contribution in [0.2, 0.25) is 0 Å². The van der Waals surface area contributed by atoms with E-state index < -0.39 is 11.9 Å². The molecule has 0 aliphatic heterocycles. The van der Waals surface area contributed by atoms with Gasteiger partial charge in [-0.15, -0.1) is 0 Å². The van der Waals surface area contributed by atoms with E-state index in [0.717, 1.165) is 31.8 Å². The molecule has 0 aliphatic carbocycles. The van der Waals surface area contributed by atoms with Crippen molar-refractivity contribution in [3.05, 3.63) is 182 Å². The Balaban J connectivity index is 1.71. The van der Waals surface area contributed by atoms with E-state index in [1.54, 1.807) is 0 Å². The molecule has 0 saturated carbocycles. The van der Waals surface area contributed by atoms with Gasteiger partial charge >= 0.3 is 261 Å². The van der Waals surface area contributed by atoms with Gasteiger partial charge in [0, 0.05) is 0 Å². The van der Waals surface area contributed by atoms with Gasteiger partial charge in [-0.25, -0.2) is 0 Å². The summed E-state index contributed by atoms with van der Waals surface area (Å²) in [6.45, 7) is 0. The summed E-state index contributed by atoms with van der Waals surface area (Å²) >= 11 is 17.2. The molecule has 0 aromatic heterocycles. The van der Waals surface area contributed by atoms with Crippen molar-refractivity contribution in [2.75, 3.05) is 12.3 Å². The molecule has 0 N–H and O–H groups in total. The van der Waals surface area contributed by atoms with Gasteiger partial charge < -0.3 is 0 Å². The van der Waals surface area contributed by atoms with E-state index in [1.165, 1.54) is 0 Å². The Hall–Kier alpha value is -3.24.